The summed E-state index contributed by atoms with van der Waals surface area (Å²) in [5.74, 6) is -0.221. The molecule has 1 amide bonds. The Balaban J connectivity index is 1.32. The van der Waals surface area contributed by atoms with Gasteiger partial charge in [-0.15, -0.1) is 0 Å². The lowest BCUT2D eigenvalue weighted by Crippen LogP contribution is -2.25. The zero-order valence-corrected chi connectivity index (χ0v) is 17.1. The van der Waals surface area contributed by atoms with Gasteiger partial charge in [-0.1, -0.05) is 18.9 Å². The van der Waals surface area contributed by atoms with Gasteiger partial charge in [-0.2, -0.15) is 0 Å². The van der Waals surface area contributed by atoms with E-state index in [1.165, 1.54) is 28.3 Å². The zero-order valence-electron chi connectivity index (χ0n) is 17.1. The molecule has 158 valence electrons. The summed E-state index contributed by atoms with van der Waals surface area (Å²) >= 11 is 0. The lowest BCUT2D eigenvalue weighted by Gasteiger charge is -2.08. The molecule has 0 unspecified atom stereocenters. The lowest BCUT2D eigenvalue weighted by molar-refractivity contribution is 0.0952. The van der Waals surface area contributed by atoms with E-state index in [1.807, 2.05) is 12.3 Å². The second-order valence-corrected chi connectivity index (χ2v) is 7.55. The fourth-order valence-electron chi connectivity index (χ4n) is 3.58. The number of fused-ring (bicyclic) bond motifs is 2. The van der Waals surface area contributed by atoms with Gasteiger partial charge in [0, 0.05) is 25.1 Å². The number of pyridine rings is 2. The summed E-state index contributed by atoms with van der Waals surface area (Å²) in [7, 11) is 0. The molecule has 0 saturated carbocycles. The molecular formula is C24H24N4O3. The van der Waals surface area contributed by atoms with Crippen molar-refractivity contribution in [3.8, 4) is 5.75 Å². The normalized spacial score (nSPS) is 11.1. The molecule has 31 heavy (non-hydrogen) atoms. The number of unbranched alkanes of at least 4 members (excludes halogenated alkanes) is 3. The van der Waals surface area contributed by atoms with Gasteiger partial charge in [-0.25, -0.2) is 4.98 Å². The third kappa shape index (κ3) is 4.88. The minimum absolute atomic E-state index is 0.000632. The van der Waals surface area contributed by atoms with E-state index in [0.717, 1.165) is 32.1 Å². The van der Waals surface area contributed by atoms with Crippen molar-refractivity contribution >= 4 is 22.5 Å². The maximum Gasteiger partial charge on any atom is 0.265 e. The number of nitrogens with one attached hydrogen (secondary N) is 1. The number of phenols is 1. The van der Waals surface area contributed by atoms with Crippen molar-refractivity contribution in [2.45, 2.75) is 32.1 Å². The van der Waals surface area contributed by atoms with E-state index < -0.39 is 0 Å². The summed E-state index contributed by atoms with van der Waals surface area (Å²) in [6.45, 7) is 0.586. The highest BCUT2D eigenvalue weighted by atomic mass is 16.3. The van der Waals surface area contributed by atoms with E-state index in [2.05, 4.69) is 21.4 Å². The number of amides is 1. The topological polar surface area (TPSA) is 96.6 Å². The Labute approximate surface area is 179 Å². The highest BCUT2D eigenvalue weighted by Gasteiger charge is 2.10. The number of rotatable bonds is 8. The number of phenolic OH excluding ortho intramolecular Hbond substituents is 1. The summed E-state index contributed by atoms with van der Waals surface area (Å²) in [4.78, 5) is 33.8. The Kier molecular flexibility index (Phi) is 6.21. The maximum absolute atomic E-state index is 12.8. The Bertz CT molecular complexity index is 1270. The molecule has 0 bridgehead atoms. The molecule has 7 nitrogen and oxygen atoms in total. The Hall–Kier alpha value is -3.74. The molecule has 7 heteroatoms. The average molecular weight is 416 g/mol. The minimum atomic E-state index is -0.320. The first-order chi connectivity index (χ1) is 15.1. The average Bonchev–Trinajstić information content (AvgIpc) is 2.79. The van der Waals surface area contributed by atoms with Crippen molar-refractivity contribution in [2.75, 3.05) is 6.54 Å². The van der Waals surface area contributed by atoms with E-state index in [9.17, 15) is 14.7 Å². The number of carbonyl (C=O) groups excluding carboxylic acids is 1. The van der Waals surface area contributed by atoms with Gasteiger partial charge in [-0.3, -0.25) is 19.0 Å². The second kappa shape index (κ2) is 9.38. The highest BCUT2D eigenvalue weighted by Crippen LogP contribution is 2.16. The van der Waals surface area contributed by atoms with Crippen molar-refractivity contribution in [1.29, 1.82) is 0 Å². The number of aryl methyl sites for hydroxylation is 1. The van der Waals surface area contributed by atoms with E-state index >= 15 is 0 Å². The molecule has 0 atom stereocenters. The summed E-state index contributed by atoms with van der Waals surface area (Å²) in [5, 5.41) is 12.9. The van der Waals surface area contributed by atoms with E-state index in [4.69, 9.17) is 0 Å². The number of aromatic nitrogens is 3. The summed E-state index contributed by atoms with van der Waals surface area (Å²) in [5.41, 5.74) is 2.28. The third-order valence-corrected chi connectivity index (χ3v) is 5.25. The molecule has 4 rings (SSSR count). The van der Waals surface area contributed by atoms with E-state index in [0.29, 0.717) is 28.7 Å². The lowest BCUT2D eigenvalue weighted by atomic mass is 10.1. The van der Waals surface area contributed by atoms with Crippen LogP contribution in [0.1, 0.15) is 41.6 Å². The fraction of sp³-hybridized carbons (Fsp3) is 0.250. The molecule has 4 aromatic rings. The molecule has 0 spiro atoms. The first-order valence-corrected chi connectivity index (χ1v) is 10.4. The van der Waals surface area contributed by atoms with Crippen molar-refractivity contribution in [3.05, 3.63) is 82.5 Å². The summed E-state index contributed by atoms with van der Waals surface area (Å²) in [6, 6.07) is 11.8. The first kappa shape index (κ1) is 20.5. The Morgan fingerprint density at radius 2 is 1.94 bits per heavy atom. The van der Waals surface area contributed by atoms with Gasteiger partial charge in [0.2, 0.25) is 0 Å². The Morgan fingerprint density at radius 1 is 1.06 bits per heavy atom. The van der Waals surface area contributed by atoms with Crippen LogP contribution in [-0.2, 0) is 6.42 Å². The molecule has 0 fully saturated rings. The number of aromatic hydroxyl groups is 1. The monoisotopic (exact) mass is 416 g/mol. The van der Waals surface area contributed by atoms with Crippen LogP contribution in [0.3, 0.4) is 0 Å². The van der Waals surface area contributed by atoms with Crippen molar-refractivity contribution in [1.82, 2.24) is 19.7 Å². The highest BCUT2D eigenvalue weighted by molar-refractivity contribution is 5.94. The second-order valence-electron chi connectivity index (χ2n) is 7.55. The van der Waals surface area contributed by atoms with Gasteiger partial charge in [0.15, 0.2) is 0 Å². The van der Waals surface area contributed by atoms with Crippen LogP contribution in [-0.4, -0.2) is 31.9 Å². The molecule has 3 heterocycles. The van der Waals surface area contributed by atoms with Crippen LogP contribution < -0.4 is 10.9 Å². The number of carbonyl (C=O) groups is 1. The molecular weight excluding hydrogens is 392 g/mol. The van der Waals surface area contributed by atoms with Gasteiger partial charge >= 0.3 is 0 Å². The molecule has 0 saturated heterocycles. The van der Waals surface area contributed by atoms with Crippen molar-refractivity contribution < 1.29 is 9.90 Å². The number of benzene rings is 1. The zero-order chi connectivity index (χ0) is 21.6. The molecule has 0 radical (unpaired) electrons. The van der Waals surface area contributed by atoms with Crippen LogP contribution in [0.15, 0.2) is 65.8 Å². The van der Waals surface area contributed by atoms with Gasteiger partial charge < -0.3 is 10.4 Å². The molecule has 3 aromatic heterocycles. The standard InChI is InChI=1S/C24H24N4O3/c29-19-9-10-21-20(14-19)24(31)28-16-18(8-11-22(28)27-21)23(30)26-13-4-2-1-3-6-17-7-5-12-25-15-17/h5,7-12,14-16,29H,1-4,6,13H2,(H,26,30). The SMILES string of the molecule is O=C(NCCCCCCc1cccnc1)c1ccc2nc3ccc(O)cc3c(=O)n2c1. The smallest absolute Gasteiger partial charge is 0.265 e. The Morgan fingerprint density at radius 3 is 2.77 bits per heavy atom. The van der Waals surface area contributed by atoms with Crippen molar-refractivity contribution in [2.24, 2.45) is 0 Å². The molecule has 0 aliphatic carbocycles. The molecule has 0 aliphatic rings. The van der Waals surface area contributed by atoms with Crippen LogP contribution in [0.25, 0.3) is 16.6 Å². The predicted molar refractivity (Wildman–Crippen MR) is 119 cm³/mol. The number of hydrogen-bond donors (Lipinski definition) is 2. The van der Waals surface area contributed by atoms with Crippen LogP contribution in [0, 0.1) is 0 Å². The van der Waals surface area contributed by atoms with E-state index in [-0.39, 0.29) is 17.2 Å². The predicted octanol–water partition coefficient (Wildman–Crippen LogP) is 3.48. The van der Waals surface area contributed by atoms with Crippen LogP contribution in [0.4, 0.5) is 0 Å². The van der Waals surface area contributed by atoms with Gasteiger partial charge in [0.05, 0.1) is 16.5 Å². The van der Waals surface area contributed by atoms with Crippen LogP contribution >= 0.6 is 0 Å². The summed E-state index contributed by atoms with van der Waals surface area (Å²) in [6.07, 6.45) is 10.3. The number of hydrogen-bond acceptors (Lipinski definition) is 5. The van der Waals surface area contributed by atoms with Crippen molar-refractivity contribution in [3.63, 3.8) is 0 Å². The minimum Gasteiger partial charge on any atom is -0.508 e. The van der Waals surface area contributed by atoms with Gasteiger partial charge in [-0.05, 0) is 61.2 Å². The van der Waals surface area contributed by atoms with Crippen LogP contribution in [0.5, 0.6) is 5.75 Å². The van der Waals surface area contributed by atoms with E-state index in [1.54, 1.807) is 24.4 Å². The molecule has 0 aliphatic heterocycles. The summed E-state index contributed by atoms with van der Waals surface area (Å²) < 4.78 is 1.34. The van der Waals surface area contributed by atoms with Gasteiger partial charge in [0.25, 0.3) is 11.5 Å². The van der Waals surface area contributed by atoms with Gasteiger partial charge in [0.1, 0.15) is 11.4 Å². The third-order valence-electron chi connectivity index (χ3n) is 5.25. The van der Waals surface area contributed by atoms with Crippen LogP contribution in [0.2, 0.25) is 0 Å². The number of nitrogens with zero attached hydrogens (tertiary/aromatic N) is 3. The first-order valence-electron chi connectivity index (χ1n) is 10.4. The maximum atomic E-state index is 12.8. The quantitative estimate of drug-likeness (QED) is 0.339. The molecule has 2 N–H and O–H groups in total. The molecule has 1 aromatic carbocycles. The fourth-order valence-corrected chi connectivity index (χ4v) is 3.58. The largest absolute Gasteiger partial charge is 0.508 e.